The standard InChI is InChI=1S/C15H18N2O5S/c1-5-21-14(18)9(2)23-15-17-16-13(22-15)10-6-11(19-3)8-12(7-10)20-4/h6-9H,5H2,1-4H3/t9-/m1/s1. The minimum atomic E-state index is -0.428. The second kappa shape index (κ2) is 7.87. The van der Waals surface area contributed by atoms with Crippen molar-refractivity contribution in [2.24, 2.45) is 0 Å². The van der Waals surface area contributed by atoms with Gasteiger partial charge in [0.25, 0.3) is 5.22 Å². The van der Waals surface area contributed by atoms with Crippen LogP contribution in [0.15, 0.2) is 27.8 Å². The van der Waals surface area contributed by atoms with Crippen molar-refractivity contribution >= 4 is 17.7 Å². The van der Waals surface area contributed by atoms with Crippen LogP contribution in [0.2, 0.25) is 0 Å². The Balaban J connectivity index is 2.17. The van der Waals surface area contributed by atoms with Crippen LogP contribution >= 0.6 is 11.8 Å². The number of carbonyl (C=O) groups excluding carboxylic acids is 1. The molecule has 2 aromatic rings. The SMILES string of the molecule is CCOC(=O)[C@@H](C)Sc1nnc(-c2cc(OC)cc(OC)c2)o1. The molecule has 23 heavy (non-hydrogen) atoms. The zero-order valence-corrected chi connectivity index (χ0v) is 14.2. The maximum atomic E-state index is 11.6. The molecule has 0 bridgehead atoms. The first kappa shape index (κ1) is 17.1. The lowest BCUT2D eigenvalue weighted by molar-refractivity contribution is -0.142. The van der Waals surface area contributed by atoms with Crippen LogP contribution in [0.5, 0.6) is 11.5 Å². The van der Waals surface area contributed by atoms with Crippen molar-refractivity contribution in [2.75, 3.05) is 20.8 Å². The minimum Gasteiger partial charge on any atom is -0.497 e. The van der Waals surface area contributed by atoms with Crippen molar-refractivity contribution in [3.05, 3.63) is 18.2 Å². The summed E-state index contributed by atoms with van der Waals surface area (Å²) in [6.45, 7) is 3.82. The Kier molecular flexibility index (Phi) is 5.86. The van der Waals surface area contributed by atoms with Gasteiger partial charge in [-0.25, -0.2) is 0 Å². The van der Waals surface area contributed by atoms with E-state index >= 15 is 0 Å². The molecule has 0 N–H and O–H groups in total. The van der Waals surface area contributed by atoms with Crippen LogP contribution in [0.4, 0.5) is 0 Å². The molecule has 0 spiro atoms. The predicted molar refractivity (Wildman–Crippen MR) is 84.8 cm³/mol. The smallest absolute Gasteiger partial charge is 0.319 e. The summed E-state index contributed by atoms with van der Waals surface area (Å²) in [5, 5.41) is 7.80. The third-order valence-electron chi connectivity index (χ3n) is 2.90. The summed E-state index contributed by atoms with van der Waals surface area (Å²) < 4.78 is 21.0. The Hall–Kier alpha value is -2.22. The molecule has 0 amide bonds. The molecule has 124 valence electrons. The molecule has 1 heterocycles. The van der Waals surface area contributed by atoms with E-state index in [9.17, 15) is 4.79 Å². The van der Waals surface area contributed by atoms with Gasteiger partial charge in [-0.2, -0.15) is 0 Å². The van der Waals surface area contributed by atoms with Crippen molar-refractivity contribution in [3.8, 4) is 23.0 Å². The Morgan fingerprint density at radius 3 is 2.43 bits per heavy atom. The number of esters is 1. The third kappa shape index (κ3) is 4.38. The van der Waals surface area contributed by atoms with E-state index < -0.39 is 5.25 Å². The maximum absolute atomic E-state index is 11.6. The number of benzene rings is 1. The van der Waals surface area contributed by atoms with Gasteiger partial charge in [-0.15, -0.1) is 10.2 Å². The number of rotatable bonds is 7. The van der Waals surface area contributed by atoms with Crippen LogP contribution in [-0.4, -0.2) is 42.2 Å². The van der Waals surface area contributed by atoms with Crippen molar-refractivity contribution in [1.82, 2.24) is 10.2 Å². The van der Waals surface area contributed by atoms with Gasteiger partial charge in [-0.1, -0.05) is 11.8 Å². The molecule has 1 atom stereocenters. The average molecular weight is 338 g/mol. The van der Waals surface area contributed by atoms with E-state index in [4.69, 9.17) is 18.6 Å². The van der Waals surface area contributed by atoms with E-state index in [-0.39, 0.29) is 5.97 Å². The number of nitrogens with zero attached hydrogens (tertiary/aromatic N) is 2. The summed E-state index contributed by atoms with van der Waals surface area (Å²) in [7, 11) is 3.13. The van der Waals surface area contributed by atoms with E-state index in [1.165, 1.54) is 0 Å². The van der Waals surface area contributed by atoms with Crippen LogP contribution < -0.4 is 9.47 Å². The molecule has 2 rings (SSSR count). The summed E-state index contributed by atoms with van der Waals surface area (Å²) in [5.74, 6) is 1.24. The molecule has 7 nitrogen and oxygen atoms in total. The zero-order valence-electron chi connectivity index (χ0n) is 13.4. The fourth-order valence-corrected chi connectivity index (χ4v) is 2.45. The van der Waals surface area contributed by atoms with E-state index in [1.54, 1.807) is 46.3 Å². The summed E-state index contributed by atoms with van der Waals surface area (Å²) >= 11 is 1.15. The normalized spacial score (nSPS) is 11.8. The average Bonchev–Trinajstić information content (AvgIpc) is 3.03. The van der Waals surface area contributed by atoms with Crippen LogP contribution in [0.1, 0.15) is 13.8 Å². The number of methoxy groups -OCH3 is 2. The molecule has 0 radical (unpaired) electrons. The van der Waals surface area contributed by atoms with Crippen molar-refractivity contribution in [1.29, 1.82) is 0 Å². The van der Waals surface area contributed by atoms with Gasteiger partial charge in [0.2, 0.25) is 5.89 Å². The highest BCUT2D eigenvalue weighted by molar-refractivity contribution is 8.00. The van der Waals surface area contributed by atoms with Crippen LogP contribution in [0.25, 0.3) is 11.5 Å². The molecule has 0 saturated heterocycles. The largest absolute Gasteiger partial charge is 0.497 e. The van der Waals surface area contributed by atoms with Crippen LogP contribution in [0.3, 0.4) is 0 Å². The molecule has 0 fully saturated rings. The first-order chi connectivity index (χ1) is 11.1. The highest BCUT2D eigenvalue weighted by atomic mass is 32.2. The van der Waals surface area contributed by atoms with Gasteiger partial charge in [0, 0.05) is 11.6 Å². The molecule has 0 aliphatic carbocycles. The highest BCUT2D eigenvalue weighted by Gasteiger charge is 2.20. The van der Waals surface area contributed by atoms with Gasteiger partial charge in [0.05, 0.1) is 20.8 Å². The Bertz CT molecular complexity index is 651. The van der Waals surface area contributed by atoms with Gasteiger partial charge < -0.3 is 18.6 Å². The molecule has 0 aliphatic rings. The Morgan fingerprint density at radius 2 is 1.87 bits per heavy atom. The van der Waals surface area contributed by atoms with Gasteiger partial charge >= 0.3 is 5.97 Å². The zero-order chi connectivity index (χ0) is 16.8. The van der Waals surface area contributed by atoms with E-state index in [1.807, 2.05) is 0 Å². The van der Waals surface area contributed by atoms with Gasteiger partial charge in [0.15, 0.2) is 0 Å². The molecule has 0 aliphatic heterocycles. The molecule has 1 aromatic heterocycles. The van der Waals surface area contributed by atoms with E-state index in [2.05, 4.69) is 10.2 Å². The molecular weight excluding hydrogens is 320 g/mol. The summed E-state index contributed by atoms with van der Waals surface area (Å²) in [6.07, 6.45) is 0. The van der Waals surface area contributed by atoms with Crippen LogP contribution in [-0.2, 0) is 9.53 Å². The Labute approximate surface area is 138 Å². The number of thioether (sulfide) groups is 1. The number of hydrogen-bond donors (Lipinski definition) is 0. The fourth-order valence-electron chi connectivity index (χ4n) is 1.76. The van der Waals surface area contributed by atoms with Crippen molar-refractivity contribution < 1.29 is 23.4 Å². The molecular formula is C15H18N2O5S. The Morgan fingerprint density at radius 1 is 1.22 bits per heavy atom. The monoisotopic (exact) mass is 338 g/mol. The van der Waals surface area contributed by atoms with E-state index in [0.29, 0.717) is 34.8 Å². The lowest BCUT2D eigenvalue weighted by Gasteiger charge is -2.07. The number of hydrogen-bond acceptors (Lipinski definition) is 8. The fraction of sp³-hybridized carbons (Fsp3) is 0.400. The first-order valence-electron chi connectivity index (χ1n) is 6.97. The molecule has 0 saturated carbocycles. The topological polar surface area (TPSA) is 83.7 Å². The first-order valence-corrected chi connectivity index (χ1v) is 7.85. The maximum Gasteiger partial charge on any atom is 0.319 e. The quantitative estimate of drug-likeness (QED) is 0.563. The minimum absolute atomic E-state index is 0.294. The molecule has 1 aromatic carbocycles. The van der Waals surface area contributed by atoms with E-state index in [0.717, 1.165) is 11.8 Å². The van der Waals surface area contributed by atoms with Crippen molar-refractivity contribution in [3.63, 3.8) is 0 Å². The highest BCUT2D eigenvalue weighted by Crippen LogP contribution is 2.31. The summed E-state index contributed by atoms with van der Waals surface area (Å²) in [5.41, 5.74) is 0.671. The number of ether oxygens (including phenoxy) is 3. The van der Waals surface area contributed by atoms with Gasteiger partial charge in [0.1, 0.15) is 16.7 Å². The molecule has 0 unspecified atom stereocenters. The predicted octanol–water partition coefficient (Wildman–Crippen LogP) is 2.80. The number of aromatic nitrogens is 2. The van der Waals surface area contributed by atoms with Crippen LogP contribution in [0, 0.1) is 0 Å². The molecule has 8 heteroatoms. The summed E-state index contributed by atoms with van der Waals surface area (Å²) in [4.78, 5) is 11.6. The summed E-state index contributed by atoms with van der Waals surface area (Å²) in [6, 6.07) is 5.27. The van der Waals surface area contributed by atoms with Gasteiger partial charge in [-0.05, 0) is 26.0 Å². The lowest BCUT2D eigenvalue weighted by Crippen LogP contribution is -2.16. The van der Waals surface area contributed by atoms with Crippen molar-refractivity contribution in [2.45, 2.75) is 24.3 Å². The second-order valence-electron chi connectivity index (χ2n) is 4.49. The number of carbonyl (C=O) groups is 1. The third-order valence-corrected chi connectivity index (χ3v) is 3.81. The second-order valence-corrected chi connectivity index (χ2v) is 5.78. The van der Waals surface area contributed by atoms with Gasteiger partial charge in [-0.3, -0.25) is 4.79 Å². The lowest BCUT2D eigenvalue weighted by atomic mass is 10.2.